The molecule has 0 bridgehead atoms. The highest BCUT2D eigenvalue weighted by Gasteiger charge is 2.40. The van der Waals surface area contributed by atoms with E-state index in [0.29, 0.717) is 11.8 Å². The van der Waals surface area contributed by atoms with Crippen molar-refractivity contribution >= 4 is 5.91 Å². The molecule has 2 fully saturated rings. The van der Waals surface area contributed by atoms with Crippen molar-refractivity contribution in [3.63, 3.8) is 0 Å². The van der Waals surface area contributed by atoms with Gasteiger partial charge in [-0.05, 0) is 51.6 Å². The lowest BCUT2D eigenvalue weighted by atomic mass is 9.73. The zero-order valence-corrected chi connectivity index (χ0v) is 13.3. The number of hydrogen-bond donors (Lipinski definition) is 1. The number of hydrogen-bond acceptors (Lipinski definition) is 3. The summed E-state index contributed by atoms with van der Waals surface area (Å²) >= 11 is 0. The lowest BCUT2D eigenvalue weighted by Gasteiger charge is -2.42. The van der Waals surface area contributed by atoms with Gasteiger partial charge in [0.2, 0.25) is 5.91 Å². The number of amides is 1. The normalized spacial score (nSPS) is 28.4. The Morgan fingerprint density at radius 2 is 2.15 bits per heavy atom. The zero-order valence-electron chi connectivity index (χ0n) is 13.3. The highest BCUT2D eigenvalue weighted by molar-refractivity contribution is 5.82. The van der Waals surface area contributed by atoms with Gasteiger partial charge < -0.3 is 15.0 Å². The lowest BCUT2D eigenvalue weighted by Crippen LogP contribution is -2.52. The van der Waals surface area contributed by atoms with Crippen LogP contribution in [0.4, 0.5) is 0 Å². The van der Waals surface area contributed by atoms with Gasteiger partial charge >= 0.3 is 0 Å². The Morgan fingerprint density at radius 3 is 2.80 bits per heavy atom. The number of nitrogens with zero attached hydrogens (tertiary/aromatic N) is 1. The first-order chi connectivity index (χ1) is 9.55. The lowest BCUT2D eigenvalue weighted by molar-refractivity contribution is -0.148. The highest BCUT2D eigenvalue weighted by atomic mass is 16.5. The number of carbonyl (C=O) groups is 1. The van der Waals surface area contributed by atoms with E-state index < -0.39 is 0 Å². The molecule has 20 heavy (non-hydrogen) atoms. The van der Waals surface area contributed by atoms with E-state index in [9.17, 15) is 4.79 Å². The zero-order chi connectivity index (χ0) is 14.6. The molecule has 116 valence electrons. The van der Waals surface area contributed by atoms with Crippen LogP contribution in [-0.4, -0.2) is 49.7 Å². The first-order valence-corrected chi connectivity index (χ1v) is 8.17. The molecule has 0 aliphatic carbocycles. The summed E-state index contributed by atoms with van der Waals surface area (Å²) in [6, 6.07) is 0. The molecule has 4 heteroatoms. The van der Waals surface area contributed by atoms with Crippen LogP contribution in [0.15, 0.2) is 0 Å². The van der Waals surface area contributed by atoms with Gasteiger partial charge in [-0.15, -0.1) is 0 Å². The Bertz CT molecular complexity index is 322. The quantitative estimate of drug-likeness (QED) is 0.858. The molecule has 0 saturated carbocycles. The molecule has 0 aromatic rings. The summed E-state index contributed by atoms with van der Waals surface area (Å²) in [6.45, 7) is 10.7. The van der Waals surface area contributed by atoms with Crippen LogP contribution >= 0.6 is 0 Å². The van der Waals surface area contributed by atoms with Gasteiger partial charge in [0.1, 0.15) is 0 Å². The fourth-order valence-corrected chi connectivity index (χ4v) is 3.54. The topological polar surface area (TPSA) is 41.6 Å². The molecular weight excluding hydrogens is 252 g/mol. The van der Waals surface area contributed by atoms with E-state index in [-0.39, 0.29) is 11.5 Å². The summed E-state index contributed by atoms with van der Waals surface area (Å²) in [4.78, 5) is 15.0. The van der Waals surface area contributed by atoms with Crippen LogP contribution in [0.2, 0.25) is 0 Å². The molecule has 0 aromatic heterocycles. The maximum atomic E-state index is 12.9. The van der Waals surface area contributed by atoms with Crippen molar-refractivity contribution in [2.45, 2.75) is 52.6 Å². The van der Waals surface area contributed by atoms with Gasteiger partial charge in [-0.2, -0.15) is 0 Å². The molecule has 2 unspecified atom stereocenters. The SMILES string of the molecule is CCOC1CCCN(C(=O)C(C)(C)C2CCCNC2)C1. The first-order valence-electron chi connectivity index (χ1n) is 8.17. The third-order valence-electron chi connectivity index (χ3n) is 4.94. The minimum absolute atomic E-state index is 0.234. The van der Waals surface area contributed by atoms with Crippen molar-refractivity contribution in [3.05, 3.63) is 0 Å². The van der Waals surface area contributed by atoms with E-state index in [2.05, 4.69) is 19.2 Å². The van der Waals surface area contributed by atoms with Crippen LogP contribution in [0.3, 0.4) is 0 Å². The Balaban J connectivity index is 1.97. The predicted molar refractivity (Wildman–Crippen MR) is 80.6 cm³/mol. The first kappa shape index (κ1) is 15.8. The van der Waals surface area contributed by atoms with Crippen LogP contribution in [0.25, 0.3) is 0 Å². The van der Waals surface area contributed by atoms with Gasteiger partial charge in [-0.1, -0.05) is 13.8 Å². The van der Waals surface area contributed by atoms with Crippen LogP contribution < -0.4 is 5.32 Å². The van der Waals surface area contributed by atoms with Crippen molar-refractivity contribution in [1.29, 1.82) is 0 Å². The molecular formula is C16H30N2O2. The minimum Gasteiger partial charge on any atom is -0.377 e. The molecule has 2 saturated heterocycles. The van der Waals surface area contributed by atoms with Gasteiger partial charge in [0.15, 0.2) is 0 Å². The van der Waals surface area contributed by atoms with E-state index in [0.717, 1.165) is 52.0 Å². The minimum atomic E-state index is -0.262. The second-order valence-corrected chi connectivity index (χ2v) is 6.74. The number of piperidine rings is 2. The second kappa shape index (κ2) is 6.90. The summed E-state index contributed by atoms with van der Waals surface area (Å²) in [5, 5.41) is 3.43. The van der Waals surface area contributed by atoms with Crippen molar-refractivity contribution in [2.75, 3.05) is 32.8 Å². The molecule has 4 nitrogen and oxygen atoms in total. The number of rotatable bonds is 4. The van der Waals surface area contributed by atoms with E-state index in [4.69, 9.17) is 4.74 Å². The van der Waals surface area contributed by atoms with Gasteiger partial charge in [0, 0.05) is 25.1 Å². The smallest absolute Gasteiger partial charge is 0.228 e. The number of carbonyl (C=O) groups excluding carboxylic acids is 1. The Kier molecular flexibility index (Phi) is 5.44. The van der Waals surface area contributed by atoms with Crippen molar-refractivity contribution in [1.82, 2.24) is 10.2 Å². The van der Waals surface area contributed by atoms with Crippen molar-refractivity contribution in [2.24, 2.45) is 11.3 Å². The molecule has 2 heterocycles. The molecule has 2 atom stereocenters. The van der Waals surface area contributed by atoms with E-state index >= 15 is 0 Å². The Labute approximate surface area is 123 Å². The van der Waals surface area contributed by atoms with Gasteiger partial charge in [0.05, 0.1) is 6.10 Å². The van der Waals surface area contributed by atoms with E-state index in [1.165, 1.54) is 6.42 Å². The summed E-state index contributed by atoms with van der Waals surface area (Å²) in [7, 11) is 0. The number of ether oxygens (including phenoxy) is 1. The van der Waals surface area contributed by atoms with Crippen LogP contribution in [0.1, 0.15) is 46.5 Å². The number of nitrogens with one attached hydrogen (secondary N) is 1. The summed E-state index contributed by atoms with van der Waals surface area (Å²) < 4.78 is 5.72. The largest absolute Gasteiger partial charge is 0.377 e. The number of likely N-dealkylation sites (tertiary alicyclic amines) is 1. The van der Waals surface area contributed by atoms with E-state index in [1.807, 2.05) is 11.8 Å². The fourth-order valence-electron chi connectivity index (χ4n) is 3.54. The maximum absolute atomic E-state index is 12.9. The summed E-state index contributed by atoms with van der Waals surface area (Å²) in [5.74, 6) is 0.770. The molecule has 2 rings (SSSR count). The Morgan fingerprint density at radius 1 is 1.35 bits per heavy atom. The molecule has 1 amide bonds. The second-order valence-electron chi connectivity index (χ2n) is 6.74. The average Bonchev–Trinajstić information content (AvgIpc) is 2.48. The van der Waals surface area contributed by atoms with Crippen LogP contribution in [-0.2, 0) is 9.53 Å². The fraction of sp³-hybridized carbons (Fsp3) is 0.938. The standard InChI is InChI=1S/C16H30N2O2/c1-4-20-14-8-6-10-18(12-14)15(19)16(2,3)13-7-5-9-17-11-13/h13-14,17H,4-12H2,1-3H3. The molecule has 2 aliphatic rings. The summed E-state index contributed by atoms with van der Waals surface area (Å²) in [6.07, 6.45) is 4.73. The maximum Gasteiger partial charge on any atom is 0.228 e. The summed E-state index contributed by atoms with van der Waals surface area (Å²) in [5.41, 5.74) is -0.262. The molecule has 0 radical (unpaired) electrons. The van der Waals surface area contributed by atoms with Crippen LogP contribution in [0, 0.1) is 11.3 Å². The van der Waals surface area contributed by atoms with Crippen molar-refractivity contribution < 1.29 is 9.53 Å². The molecule has 0 aromatic carbocycles. The van der Waals surface area contributed by atoms with Gasteiger partial charge in [-0.25, -0.2) is 0 Å². The highest BCUT2D eigenvalue weighted by Crippen LogP contribution is 2.34. The average molecular weight is 282 g/mol. The predicted octanol–water partition coefficient (Wildman–Crippen LogP) is 2.04. The third-order valence-corrected chi connectivity index (χ3v) is 4.94. The Hall–Kier alpha value is -0.610. The van der Waals surface area contributed by atoms with Crippen LogP contribution in [0.5, 0.6) is 0 Å². The van der Waals surface area contributed by atoms with E-state index in [1.54, 1.807) is 0 Å². The molecule has 2 aliphatic heterocycles. The third kappa shape index (κ3) is 3.53. The molecule has 0 spiro atoms. The van der Waals surface area contributed by atoms with Crippen molar-refractivity contribution in [3.8, 4) is 0 Å². The van der Waals surface area contributed by atoms with Gasteiger partial charge in [0.25, 0.3) is 0 Å². The molecule has 1 N–H and O–H groups in total. The monoisotopic (exact) mass is 282 g/mol. The van der Waals surface area contributed by atoms with Gasteiger partial charge in [-0.3, -0.25) is 4.79 Å².